The summed E-state index contributed by atoms with van der Waals surface area (Å²) in [5, 5.41) is 6.73. The van der Waals surface area contributed by atoms with Gasteiger partial charge in [-0.2, -0.15) is 5.10 Å². The number of hydrogen-bond acceptors (Lipinski definition) is 8. The minimum atomic E-state index is -0.967. The van der Waals surface area contributed by atoms with Gasteiger partial charge in [0.2, 0.25) is 0 Å². The van der Waals surface area contributed by atoms with Crippen LogP contribution in [0, 0.1) is 11.8 Å². The number of pyridine rings is 1. The van der Waals surface area contributed by atoms with Gasteiger partial charge in [0.05, 0.1) is 12.2 Å². The van der Waals surface area contributed by atoms with Crippen molar-refractivity contribution in [2.75, 3.05) is 13.2 Å². The van der Waals surface area contributed by atoms with E-state index in [4.69, 9.17) is 9.47 Å². The molecule has 0 radical (unpaired) electrons. The van der Waals surface area contributed by atoms with Crippen molar-refractivity contribution in [2.45, 2.75) is 32.4 Å². The molecule has 0 saturated carbocycles. The summed E-state index contributed by atoms with van der Waals surface area (Å²) in [6.45, 7) is 3.50. The maximum Gasteiger partial charge on any atom is 0.391 e. The summed E-state index contributed by atoms with van der Waals surface area (Å²) in [6.07, 6.45) is 7.11. The normalized spacial score (nSPS) is 14.2. The number of aromatic nitrogens is 3. The molecule has 3 aromatic rings. The average Bonchev–Trinajstić information content (AvgIpc) is 3.29. The molecule has 0 amide bonds. The summed E-state index contributed by atoms with van der Waals surface area (Å²) >= 11 is 0. The van der Waals surface area contributed by atoms with Gasteiger partial charge in [-0.15, -0.1) is 4.91 Å². The van der Waals surface area contributed by atoms with E-state index >= 15 is 0 Å². The van der Waals surface area contributed by atoms with E-state index in [0.29, 0.717) is 5.56 Å². The van der Waals surface area contributed by atoms with Gasteiger partial charge in [0.15, 0.2) is 16.8 Å². The van der Waals surface area contributed by atoms with Crippen LogP contribution < -0.4 is 4.74 Å². The Morgan fingerprint density at radius 2 is 2.00 bits per heavy atom. The number of carbonyl (C=O) groups is 1. The van der Waals surface area contributed by atoms with Gasteiger partial charge in [0.25, 0.3) is 0 Å². The highest BCUT2D eigenvalue weighted by Gasteiger charge is 2.23. The maximum atomic E-state index is 12.2. The third-order valence-corrected chi connectivity index (χ3v) is 5.30. The van der Waals surface area contributed by atoms with Gasteiger partial charge < -0.3 is 9.47 Å². The first-order valence-corrected chi connectivity index (χ1v) is 10.00. The third kappa shape index (κ3) is 4.61. The fraction of sp³-hybridized carbons (Fsp3) is 0.318. The van der Waals surface area contributed by atoms with Gasteiger partial charge in [0, 0.05) is 42.3 Å². The van der Waals surface area contributed by atoms with Crippen LogP contribution in [0.5, 0.6) is 5.75 Å². The first-order chi connectivity index (χ1) is 15.2. The van der Waals surface area contributed by atoms with E-state index in [2.05, 4.69) is 20.3 Å². The molecular weight excluding hydrogens is 400 g/mol. The van der Waals surface area contributed by atoms with Crippen LogP contribution in [0.1, 0.15) is 40.5 Å². The van der Waals surface area contributed by atoms with Crippen molar-refractivity contribution in [1.29, 1.82) is 0 Å². The van der Waals surface area contributed by atoms with Gasteiger partial charge in [-0.05, 0) is 25.3 Å². The molecule has 31 heavy (non-hydrogen) atoms. The molecule has 4 rings (SSSR count). The van der Waals surface area contributed by atoms with Gasteiger partial charge in [-0.3, -0.25) is 9.52 Å². The molecule has 1 fully saturated rings. The predicted octanol–water partition coefficient (Wildman–Crippen LogP) is 4.02. The van der Waals surface area contributed by atoms with Crippen LogP contribution in [0.3, 0.4) is 0 Å². The minimum absolute atomic E-state index is 0.103. The van der Waals surface area contributed by atoms with Crippen LogP contribution in [0.25, 0.3) is 11.1 Å². The summed E-state index contributed by atoms with van der Waals surface area (Å²) in [6, 6.07) is 9.82. The second-order valence-electron chi connectivity index (χ2n) is 7.25. The summed E-state index contributed by atoms with van der Waals surface area (Å²) in [4.78, 5) is 31.1. The second-order valence-corrected chi connectivity index (χ2v) is 7.25. The predicted molar refractivity (Wildman–Crippen MR) is 111 cm³/mol. The Morgan fingerprint density at radius 3 is 2.74 bits per heavy atom. The zero-order valence-corrected chi connectivity index (χ0v) is 17.1. The Morgan fingerprint density at radius 1 is 1.23 bits per heavy atom. The highest BCUT2D eigenvalue weighted by Crippen LogP contribution is 2.33. The number of ether oxygens (including phenoxy) is 2. The van der Waals surface area contributed by atoms with Crippen LogP contribution in [-0.4, -0.2) is 33.9 Å². The van der Waals surface area contributed by atoms with Gasteiger partial charge in [0.1, 0.15) is 6.61 Å². The van der Waals surface area contributed by atoms with Gasteiger partial charge in [-0.25, -0.2) is 9.78 Å². The number of rotatable bonds is 7. The first kappa shape index (κ1) is 20.7. The molecule has 0 bridgehead atoms. The molecule has 0 unspecified atom stereocenters. The average molecular weight is 422 g/mol. The first-order valence-electron chi connectivity index (χ1n) is 10.00. The van der Waals surface area contributed by atoms with Crippen molar-refractivity contribution in [3.05, 3.63) is 70.7 Å². The molecule has 1 aliphatic heterocycles. The quantitative estimate of drug-likeness (QED) is 0.418. The van der Waals surface area contributed by atoms with Crippen molar-refractivity contribution >= 4 is 5.97 Å². The number of carbonyl (C=O) groups excluding carboxylic acids is 1. The van der Waals surface area contributed by atoms with Crippen LogP contribution in [0.4, 0.5) is 0 Å². The van der Waals surface area contributed by atoms with Crippen molar-refractivity contribution in [3.8, 4) is 16.9 Å². The zero-order valence-electron chi connectivity index (χ0n) is 17.1. The molecule has 0 spiro atoms. The SMILES string of the molecule is Cc1c(-c2cnn(C3CCOCC3)c2)cnc(C(=O)ON=O)c1OCc1ccccc1. The topological polar surface area (TPSA) is 105 Å². The monoisotopic (exact) mass is 422 g/mol. The highest BCUT2D eigenvalue weighted by molar-refractivity contribution is 5.92. The van der Waals surface area contributed by atoms with Crippen LogP contribution in [0.15, 0.2) is 54.3 Å². The molecule has 160 valence electrons. The molecule has 3 heterocycles. The van der Waals surface area contributed by atoms with Crippen LogP contribution >= 0.6 is 0 Å². The van der Waals surface area contributed by atoms with E-state index in [1.807, 2.05) is 48.1 Å². The molecule has 9 nitrogen and oxygen atoms in total. The Hall–Kier alpha value is -3.59. The Labute approximate surface area is 178 Å². The molecular formula is C22H22N4O5. The molecule has 0 atom stereocenters. The number of hydrogen-bond donors (Lipinski definition) is 0. The molecule has 0 N–H and O–H groups in total. The lowest BCUT2D eigenvalue weighted by Gasteiger charge is -2.22. The molecule has 1 aliphatic rings. The van der Waals surface area contributed by atoms with E-state index in [-0.39, 0.29) is 24.1 Å². The van der Waals surface area contributed by atoms with E-state index in [1.54, 1.807) is 12.4 Å². The number of benzene rings is 1. The summed E-state index contributed by atoms with van der Waals surface area (Å²) in [5.74, 6) is -0.723. The van der Waals surface area contributed by atoms with Gasteiger partial charge >= 0.3 is 5.97 Å². The molecule has 2 aromatic heterocycles. The maximum absolute atomic E-state index is 12.2. The minimum Gasteiger partial charge on any atom is -0.486 e. The summed E-state index contributed by atoms with van der Waals surface area (Å²) < 4.78 is 13.3. The fourth-order valence-electron chi connectivity index (χ4n) is 3.63. The molecule has 0 aliphatic carbocycles. The smallest absolute Gasteiger partial charge is 0.391 e. The molecule has 1 aromatic carbocycles. The van der Waals surface area contributed by atoms with Crippen LogP contribution in [0.2, 0.25) is 0 Å². The largest absolute Gasteiger partial charge is 0.486 e. The lowest BCUT2D eigenvalue weighted by Crippen LogP contribution is -2.19. The fourth-order valence-corrected chi connectivity index (χ4v) is 3.63. The third-order valence-electron chi connectivity index (χ3n) is 5.30. The van der Waals surface area contributed by atoms with Crippen LogP contribution in [-0.2, 0) is 16.2 Å². The van der Waals surface area contributed by atoms with Crippen molar-refractivity contribution in [3.63, 3.8) is 0 Å². The zero-order chi connectivity index (χ0) is 21.6. The molecule has 9 heteroatoms. The second kappa shape index (κ2) is 9.48. The molecule has 1 saturated heterocycles. The highest BCUT2D eigenvalue weighted by atomic mass is 16.7. The summed E-state index contributed by atoms with van der Waals surface area (Å²) in [7, 11) is 0. The van der Waals surface area contributed by atoms with Crippen molar-refractivity contribution in [1.82, 2.24) is 14.8 Å². The van der Waals surface area contributed by atoms with E-state index in [0.717, 1.165) is 42.7 Å². The lowest BCUT2D eigenvalue weighted by molar-refractivity contribution is 0.0495. The Kier molecular flexibility index (Phi) is 6.32. The summed E-state index contributed by atoms with van der Waals surface area (Å²) in [5.41, 5.74) is 3.14. The van der Waals surface area contributed by atoms with E-state index in [1.165, 1.54) is 0 Å². The lowest BCUT2D eigenvalue weighted by atomic mass is 10.0. The number of nitrogens with zero attached hydrogens (tertiary/aromatic N) is 4. The van der Waals surface area contributed by atoms with Crippen molar-refractivity contribution < 1.29 is 19.1 Å². The van der Waals surface area contributed by atoms with Gasteiger partial charge in [-0.1, -0.05) is 30.3 Å². The standard InChI is InChI=1S/C22H22N4O5/c1-15-19(17-11-24-26(13-17)18-7-9-29-10-8-18)12-23-20(22(27)31-25-28)21(15)30-14-16-5-3-2-4-6-16/h2-6,11-13,18H,7-10,14H2,1H3. The Balaban J connectivity index is 1.66. The van der Waals surface area contributed by atoms with Crippen molar-refractivity contribution in [2.24, 2.45) is 5.34 Å². The van der Waals surface area contributed by atoms with E-state index in [9.17, 15) is 9.70 Å². The van der Waals surface area contributed by atoms with E-state index < -0.39 is 5.97 Å². The Bertz CT molecular complexity index is 1060.